The number of rotatable bonds is 4. The maximum Gasteiger partial charge on any atom is 0.301 e. The van der Waals surface area contributed by atoms with Gasteiger partial charge in [-0.2, -0.15) is 0 Å². The van der Waals surface area contributed by atoms with Crippen LogP contribution in [-0.2, 0) is 0 Å². The Bertz CT molecular complexity index is 484. The molecule has 1 aromatic heterocycles. The molecule has 0 unspecified atom stereocenters. The van der Waals surface area contributed by atoms with E-state index in [-0.39, 0.29) is 5.69 Å². The van der Waals surface area contributed by atoms with Crippen LogP contribution in [0.5, 0.6) is 0 Å². The first-order chi connectivity index (χ1) is 7.91. The Kier molecular flexibility index (Phi) is 3.70. The molecule has 17 heavy (non-hydrogen) atoms. The highest BCUT2D eigenvalue weighted by Gasteiger charge is 2.19. The Morgan fingerprint density at radius 2 is 1.94 bits per heavy atom. The van der Waals surface area contributed by atoms with Crippen molar-refractivity contribution in [2.24, 2.45) is 0 Å². The summed E-state index contributed by atoms with van der Waals surface area (Å²) in [7, 11) is 3.49. The Morgan fingerprint density at radius 3 is 2.41 bits per heavy atom. The highest BCUT2D eigenvalue weighted by atomic mass is 16.6. The fourth-order valence-electron chi connectivity index (χ4n) is 1.05. The molecular weight excluding hydrogens is 228 g/mol. The van der Waals surface area contributed by atoms with Gasteiger partial charge in [-0.25, -0.2) is 4.98 Å². The van der Waals surface area contributed by atoms with Gasteiger partial charge in [0.05, 0.1) is 15.9 Å². The summed E-state index contributed by atoms with van der Waals surface area (Å²) >= 11 is 0. The van der Waals surface area contributed by atoms with Crippen LogP contribution in [0, 0.1) is 20.2 Å². The summed E-state index contributed by atoms with van der Waals surface area (Å²) in [6, 6.07) is 0.891. The normalized spacial score (nSPS) is 10.5. The van der Waals surface area contributed by atoms with Crippen molar-refractivity contribution >= 4 is 17.5 Å². The number of pyridine rings is 1. The molecule has 0 atom stereocenters. The Labute approximate surface area is 96.5 Å². The van der Waals surface area contributed by atoms with E-state index in [9.17, 15) is 20.2 Å². The fraction of sp³-hybridized carbons (Fsp3) is 0.222. The van der Waals surface area contributed by atoms with Crippen LogP contribution in [0.1, 0.15) is 5.69 Å². The van der Waals surface area contributed by atoms with Crippen LogP contribution in [0.2, 0.25) is 0 Å². The predicted octanol–water partition coefficient (Wildman–Crippen LogP) is 1.43. The molecule has 0 saturated carbocycles. The molecule has 1 heterocycles. The molecule has 0 aliphatic heterocycles. The lowest BCUT2D eigenvalue weighted by Gasteiger charge is -2.03. The van der Waals surface area contributed by atoms with Crippen molar-refractivity contribution in [2.45, 2.75) is 0 Å². The zero-order valence-corrected chi connectivity index (χ0v) is 9.23. The van der Waals surface area contributed by atoms with E-state index in [1.54, 1.807) is 25.2 Å². The van der Waals surface area contributed by atoms with E-state index in [4.69, 9.17) is 0 Å². The summed E-state index contributed by atoms with van der Waals surface area (Å²) in [6.45, 7) is 0. The molecule has 0 aliphatic carbocycles. The molecule has 0 spiro atoms. The van der Waals surface area contributed by atoms with Gasteiger partial charge in [0.15, 0.2) is 0 Å². The van der Waals surface area contributed by atoms with Crippen molar-refractivity contribution in [3.05, 3.63) is 44.4 Å². The summed E-state index contributed by atoms with van der Waals surface area (Å²) in [5.74, 6) is 0. The summed E-state index contributed by atoms with van der Waals surface area (Å²) in [5.41, 5.74) is -0.717. The van der Waals surface area contributed by atoms with E-state index < -0.39 is 21.2 Å². The number of nitro groups is 2. The lowest BCUT2D eigenvalue weighted by Crippen LogP contribution is -2.01. The second kappa shape index (κ2) is 5.01. The molecule has 0 aliphatic rings. The van der Waals surface area contributed by atoms with Gasteiger partial charge in [0.25, 0.3) is 5.69 Å². The quantitative estimate of drug-likeness (QED) is 0.580. The van der Waals surface area contributed by atoms with Crippen LogP contribution >= 0.6 is 0 Å². The standard InChI is InChI=1S/C9H10N4O4/c1-11(2)4-3-8-9(13(16)17)5-7(6-10-8)12(14)15/h3-6H,1-2H3. The first-order valence-electron chi connectivity index (χ1n) is 4.55. The molecule has 0 N–H and O–H groups in total. The SMILES string of the molecule is CN(C)C=Cc1ncc([N+](=O)[O-])cc1[N+](=O)[O-]. The van der Waals surface area contributed by atoms with Crippen molar-refractivity contribution in [1.29, 1.82) is 0 Å². The van der Waals surface area contributed by atoms with Gasteiger partial charge in [-0.1, -0.05) is 0 Å². The third-order valence-electron chi connectivity index (χ3n) is 1.82. The van der Waals surface area contributed by atoms with Crippen LogP contribution in [0.25, 0.3) is 6.08 Å². The minimum Gasteiger partial charge on any atom is -0.383 e. The number of hydrogen-bond acceptors (Lipinski definition) is 6. The third-order valence-corrected chi connectivity index (χ3v) is 1.82. The molecule has 8 nitrogen and oxygen atoms in total. The highest BCUT2D eigenvalue weighted by Crippen LogP contribution is 2.23. The van der Waals surface area contributed by atoms with Gasteiger partial charge in [0, 0.05) is 20.3 Å². The Hall–Kier alpha value is -2.51. The molecule has 0 amide bonds. The average molecular weight is 238 g/mol. The van der Waals surface area contributed by atoms with Crippen LogP contribution in [0.3, 0.4) is 0 Å². The minimum atomic E-state index is -0.723. The molecule has 0 aromatic carbocycles. The average Bonchev–Trinajstić information content (AvgIpc) is 2.25. The lowest BCUT2D eigenvalue weighted by atomic mass is 10.2. The molecular formula is C9H10N4O4. The second-order valence-electron chi connectivity index (χ2n) is 3.39. The van der Waals surface area contributed by atoms with Crippen molar-refractivity contribution in [3.63, 3.8) is 0 Å². The maximum absolute atomic E-state index is 10.7. The van der Waals surface area contributed by atoms with Gasteiger partial charge in [-0.3, -0.25) is 20.2 Å². The molecule has 1 aromatic rings. The van der Waals surface area contributed by atoms with E-state index >= 15 is 0 Å². The molecule has 90 valence electrons. The van der Waals surface area contributed by atoms with Gasteiger partial charge in [-0.15, -0.1) is 0 Å². The summed E-state index contributed by atoms with van der Waals surface area (Å²) in [5, 5.41) is 21.2. The van der Waals surface area contributed by atoms with Crippen LogP contribution < -0.4 is 0 Å². The molecule has 0 fully saturated rings. The van der Waals surface area contributed by atoms with Gasteiger partial charge < -0.3 is 4.90 Å². The first-order valence-corrected chi connectivity index (χ1v) is 4.55. The van der Waals surface area contributed by atoms with Crippen molar-refractivity contribution in [2.75, 3.05) is 14.1 Å². The monoisotopic (exact) mass is 238 g/mol. The number of aromatic nitrogens is 1. The maximum atomic E-state index is 10.7. The molecule has 1 rings (SSSR count). The third kappa shape index (κ3) is 3.23. The van der Waals surface area contributed by atoms with Crippen molar-refractivity contribution < 1.29 is 9.85 Å². The Balaban J connectivity index is 3.22. The zero-order valence-electron chi connectivity index (χ0n) is 9.23. The predicted molar refractivity (Wildman–Crippen MR) is 60.3 cm³/mol. The number of nitrogens with zero attached hydrogens (tertiary/aromatic N) is 4. The summed E-state index contributed by atoms with van der Waals surface area (Å²) in [4.78, 5) is 25.2. The van der Waals surface area contributed by atoms with Gasteiger partial charge >= 0.3 is 5.69 Å². The molecule has 0 saturated heterocycles. The van der Waals surface area contributed by atoms with E-state index in [1.807, 2.05) is 0 Å². The Morgan fingerprint density at radius 1 is 1.29 bits per heavy atom. The summed E-state index contributed by atoms with van der Waals surface area (Å²) in [6.07, 6.45) is 3.98. The topological polar surface area (TPSA) is 102 Å². The number of hydrogen-bond donors (Lipinski definition) is 0. The van der Waals surface area contributed by atoms with E-state index in [0.29, 0.717) is 0 Å². The van der Waals surface area contributed by atoms with Crippen molar-refractivity contribution in [3.8, 4) is 0 Å². The van der Waals surface area contributed by atoms with Crippen molar-refractivity contribution in [1.82, 2.24) is 9.88 Å². The smallest absolute Gasteiger partial charge is 0.301 e. The minimum absolute atomic E-state index is 0.0781. The highest BCUT2D eigenvalue weighted by molar-refractivity contribution is 5.59. The van der Waals surface area contributed by atoms with Crippen LogP contribution in [0.4, 0.5) is 11.4 Å². The lowest BCUT2D eigenvalue weighted by molar-refractivity contribution is -0.394. The van der Waals surface area contributed by atoms with E-state index in [1.165, 1.54) is 6.08 Å². The molecule has 0 radical (unpaired) electrons. The van der Waals surface area contributed by atoms with Gasteiger partial charge in [0.2, 0.25) is 0 Å². The van der Waals surface area contributed by atoms with Crippen LogP contribution in [0.15, 0.2) is 18.5 Å². The molecule has 0 bridgehead atoms. The summed E-state index contributed by atoms with van der Waals surface area (Å²) < 4.78 is 0. The second-order valence-corrected chi connectivity index (χ2v) is 3.39. The molecule has 8 heteroatoms. The fourth-order valence-corrected chi connectivity index (χ4v) is 1.05. The first kappa shape index (κ1) is 12.6. The van der Waals surface area contributed by atoms with E-state index in [2.05, 4.69) is 4.98 Å². The van der Waals surface area contributed by atoms with Gasteiger partial charge in [0.1, 0.15) is 11.9 Å². The largest absolute Gasteiger partial charge is 0.383 e. The van der Waals surface area contributed by atoms with Crippen LogP contribution in [-0.4, -0.2) is 33.8 Å². The van der Waals surface area contributed by atoms with E-state index in [0.717, 1.165) is 12.3 Å². The van der Waals surface area contributed by atoms with Gasteiger partial charge in [-0.05, 0) is 6.08 Å². The zero-order chi connectivity index (χ0) is 13.0.